The van der Waals surface area contributed by atoms with E-state index < -0.39 is 0 Å². The summed E-state index contributed by atoms with van der Waals surface area (Å²) >= 11 is 0. The van der Waals surface area contributed by atoms with Crippen molar-refractivity contribution in [3.63, 3.8) is 0 Å². The summed E-state index contributed by atoms with van der Waals surface area (Å²) in [5, 5.41) is 4.20. The van der Waals surface area contributed by atoms with Crippen molar-refractivity contribution in [3.05, 3.63) is 41.7 Å². The zero-order chi connectivity index (χ0) is 14.8. The number of nitrogens with zero attached hydrogens (tertiary/aromatic N) is 2. The molecular formula is C16H18N2O3. The summed E-state index contributed by atoms with van der Waals surface area (Å²) in [6, 6.07) is 7.85. The highest BCUT2D eigenvalue weighted by Gasteiger charge is 2.31. The monoisotopic (exact) mass is 286 g/mol. The standard InChI is InChI=1S/C16H18N2O3/c1-3-18-15(14(20-2)9-17-18)16(19)12-8-11-6-4-5-7-13(11)21-10-12/h4-7,9,12H,3,8,10H2,1-2H3. The topological polar surface area (TPSA) is 53.4 Å². The molecule has 0 amide bonds. The predicted octanol–water partition coefficient (Wildman–Crippen LogP) is 2.35. The van der Waals surface area contributed by atoms with Gasteiger partial charge in [0.1, 0.15) is 11.4 Å². The Kier molecular flexibility index (Phi) is 3.64. The highest BCUT2D eigenvalue weighted by atomic mass is 16.5. The molecule has 0 radical (unpaired) electrons. The summed E-state index contributed by atoms with van der Waals surface area (Å²) in [6.45, 7) is 2.98. The summed E-state index contributed by atoms with van der Waals surface area (Å²) in [5.41, 5.74) is 1.61. The maximum Gasteiger partial charge on any atom is 0.191 e. The third-order valence-electron chi connectivity index (χ3n) is 3.81. The first-order valence-electron chi connectivity index (χ1n) is 7.09. The lowest BCUT2D eigenvalue weighted by Crippen LogP contribution is -2.30. The minimum atomic E-state index is -0.198. The maximum atomic E-state index is 12.8. The van der Waals surface area contributed by atoms with E-state index in [1.807, 2.05) is 31.2 Å². The molecule has 0 aliphatic carbocycles. The molecule has 1 aliphatic rings. The van der Waals surface area contributed by atoms with Crippen molar-refractivity contribution in [2.24, 2.45) is 5.92 Å². The van der Waals surface area contributed by atoms with Gasteiger partial charge in [0.2, 0.25) is 0 Å². The van der Waals surface area contributed by atoms with Crippen molar-refractivity contribution in [1.29, 1.82) is 0 Å². The van der Waals surface area contributed by atoms with Crippen LogP contribution in [0.1, 0.15) is 23.0 Å². The number of fused-ring (bicyclic) bond motifs is 1. The van der Waals surface area contributed by atoms with E-state index in [0.717, 1.165) is 11.3 Å². The normalized spacial score (nSPS) is 17.0. The Morgan fingerprint density at radius 3 is 3.05 bits per heavy atom. The van der Waals surface area contributed by atoms with E-state index >= 15 is 0 Å². The van der Waals surface area contributed by atoms with E-state index in [1.165, 1.54) is 0 Å². The van der Waals surface area contributed by atoms with Crippen LogP contribution in [0, 0.1) is 5.92 Å². The van der Waals surface area contributed by atoms with Gasteiger partial charge in [0.25, 0.3) is 0 Å². The first kappa shape index (κ1) is 13.7. The van der Waals surface area contributed by atoms with E-state index in [9.17, 15) is 4.79 Å². The van der Waals surface area contributed by atoms with Crippen LogP contribution in [0.2, 0.25) is 0 Å². The second-order valence-corrected chi connectivity index (χ2v) is 5.06. The van der Waals surface area contributed by atoms with Crippen molar-refractivity contribution in [1.82, 2.24) is 9.78 Å². The number of Topliss-reactive ketones (excluding diaryl/α,β-unsaturated/α-hetero) is 1. The average Bonchev–Trinajstić information content (AvgIpc) is 2.96. The fraction of sp³-hybridized carbons (Fsp3) is 0.375. The molecule has 1 aromatic heterocycles. The number of carbonyl (C=O) groups excluding carboxylic acids is 1. The van der Waals surface area contributed by atoms with Crippen LogP contribution in [0.3, 0.4) is 0 Å². The van der Waals surface area contributed by atoms with Crippen molar-refractivity contribution >= 4 is 5.78 Å². The Morgan fingerprint density at radius 1 is 1.48 bits per heavy atom. The lowest BCUT2D eigenvalue weighted by atomic mass is 9.91. The van der Waals surface area contributed by atoms with Gasteiger partial charge in [0, 0.05) is 6.54 Å². The molecule has 1 aliphatic heterocycles. The van der Waals surface area contributed by atoms with Crippen LogP contribution in [0.5, 0.6) is 11.5 Å². The minimum Gasteiger partial charge on any atom is -0.493 e. The van der Waals surface area contributed by atoms with Crippen LogP contribution in [-0.4, -0.2) is 29.3 Å². The molecule has 0 saturated carbocycles. The Labute approximate surface area is 123 Å². The zero-order valence-corrected chi connectivity index (χ0v) is 12.2. The van der Waals surface area contributed by atoms with Crippen LogP contribution in [0.25, 0.3) is 0 Å². The second kappa shape index (κ2) is 5.60. The van der Waals surface area contributed by atoms with Gasteiger partial charge in [-0.3, -0.25) is 9.48 Å². The molecule has 2 aromatic rings. The Bertz CT molecular complexity index is 642. The Balaban J connectivity index is 1.89. The summed E-state index contributed by atoms with van der Waals surface area (Å²) < 4.78 is 12.7. The van der Waals surface area contributed by atoms with Crippen molar-refractivity contribution < 1.29 is 14.3 Å². The maximum absolute atomic E-state index is 12.8. The number of methoxy groups -OCH3 is 1. The zero-order valence-electron chi connectivity index (χ0n) is 12.2. The number of hydrogen-bond acceptors (Lipinski definition) is 4. The van der Waals surface area contributed by atoms with Gasteiger partial charge in [-0.05, 0) is 25.0 Å². The second-order valence-electron chi connectivity index (χ2n) is 5.06. The fourth-order valence-electron chi connectivity index (χ4n) is 2.70. The SMILES string of the molecule is CCn1ncc(OC)c1C(=O)C1COc2ccccc2C1. The number of benzene rings is 1. The van der Waals surface area contributed by atoms with E-state index in [1.54, 1.807) is 18.0 Å². The number of ether oxygens (including phenoxy) is 2. The lowest BCUT2D eigenvalue weighted by Gasteiger charge is -2.24. The largest absolute Gasteiger partial charge is 0.493 e. The molecule has 1 atom stereocenters. The number of ketones is 1. The Morgan fingerprint density at radius 2 is 2.29 bits per heavy atom. The number of para-hydroxylation sites is 1. The van der Waals surface area contributed by atoms with Crippen LogP contribution < -0.4 is 9.47 Å². The summed E-state index contributed by atoms with van der Waals surface area (Å²) in [7, 11) is 1.56. The van der Waals surface area contributed by atoms with Crippen molar-refractivity contribution in [2.75, 3.05) is 13.7 Å². The van der Waals surface area contributed by atoms with Gasteiger partial charge in [-0.1, -0.05) is 18.2 Å². The highest BCUT2D eigenvalue weighted by Crippen LogP contribution is 2.30. The van der Waals surface area contributed by atoms with Gasteiger partial charge in [-0.15, -0.1) is 0 Å². The van der Waals surface area contributed by atoms with Gasteiger partial charge in [-0.25, -0.2) is 0 Å². The molecule has 0 fully saturated rings. The molecule has 5 heteroatoms. The average molecular weight is 286 g/mol. The van der Waals surface area contributed by atoms with Crippen LogP contribution in [0.15, 0.2) is 30.5 Å². The number of carbonyl (C=O) groups is 1. The molecular weight excluding hydrogens is 268 g/mol. The fourth-order valence-corrected chi connectivity index (χ4v) is 2.70. The summed E-state index contributed by atoms with van der Waals surface area (Å²) in [5.74, 6) is 1.23. The molecule has 110 valence electrons. The molecule has 5 nitrogen and oxygen atoms in total. The molecule has 0 bridgehead atoms. The third kappa shape index (κ3) is 2.39. The summed E-state index contributed by atoms with van der Waals surface area (Å²) in [6.07, 6.45) is 2.28. The minimum absolute atomic E-state index is 0.0284. The number of hydrogen-bond donors (Lipinski definition) is 0. The number of aryl methyl sites for hydroxylation is 1. The molecule has 21 heavy (non-hydrogen) atoms. The first-order valence-corrected chi connectivity index (χ1v) is 7.09. The van der Waals surface area contributed by atoms with Gasteiger partial charge >= 0.3 is 0 Å². The smallest absolute Gasteiger partial charge is 0.191 e. The highest BCUT2D eigenvalue weighted by molar-refractivity contribution is 5.99. The molecule has 0 saturated heterocycles. The van der Waals surface area contributed by atoms with Gasteiger partial charge in [0.05, 0.1) is 25.8 Å². The Hall–Kier alpha value is -2.30. The molecule has 1 unspecified atom stereocenters. The van der Waals surface area contributed by atoms with Crippen LogP contribution >= 0.6 is 0 Å². The van der Waals surface area contributed by atoms with Crippen molar-refractivity contribution in [2.45, 2.75) is 19.9 Å². The molecule has 0 spiro atoms. The third-order valence-corrected chi connectivity index (χ3v) is 3.81. The van der Waals surface area contributed by atoms with Crippen LogP contribution in [0.4, 0.5) is 0 Å². The first-order chi connectivity index (χ1) is 10.2. The van der Waals surface area contributed by atoms with Gasteiger partial charge < -0.3 is 9.47 Å². The van der Waals surface area contributed by atoms with E-state index in [4.69, 9.17) is 9.47 Å². The number of rotatable bonds is 4. The lowest BCUT2D eigenvalue weighted by molar-refractivity contribution is 0.0840. The van der Waals surface area contributed by atoms with Gasteiger partial charge in [0.15, 0.2) is 11.5 Å². The van der Waals surface area contributed by atoms with E-state index in [0.29, 0.717) is 31.0 Å². The van der Waals surface area contributed by atoms with E-state index in [-0.39, 0.29) is 11.7 Å². The number of aromatic nitrogens is 2. The molecule has 1 aromatic carbocycles. The van der Waals surface area contributed by atoms with Crippen molar-refractivity contribution in [3.8, 4) is 11.5 Å². The van der Waals surface area contributed by atoms with Crippen LogP contribution in [-0.2, 0) is 13.0 Å². The van der Waals surface area contributed by atoms with E-state index in [2.05, 4.69) is 5.10 Å². The predicted molar refractivity (Wildman–Crippen MR) is 77.9 cm³/mol. The van der Waals surface area contributed by atoms with Gasteiger partial charge in [-0.2, -0.15) is 5.10 Å². The molecule has 0 N–H and O–H groups in total. The quantitative estimate of drug-likeness (QED) is 0.810. The summed E-state index contributed by atoms with van der Waals surface area (Å²) in [4.78, 5) is 12.8. The molecule has 3 rings (SSSR count). The molecule has 2 heterocycles.